The van der Waals surface area contributed by atoms with Gasteiger partial charge in [-0.3, -0.25) is 9.80 Å². The van der Waals surface area contributed by atoms with Gasteiger partial charge < -0.3 is 23.4 Å². The third kappa shape index (κ3) is 11.7. The van der Waals surface area contributed by atoms with Gasteiger partial charge in [-0.15, -0.1) is 0 Å². The number of rotatable bonds is 24. The molecule has 12 rings (SSSR count). The fourth-order valence-electron chi connectivity index (χ4n) is 11.3. The molecular weight excluding hydrogens is 1010 g/mol. The van der Waals surface area contributed by atoms with Gasteiger partial charge in [-0.1, -0.05) is 196 Å². The standard InChI is InChI=1S/C71H66N10O/c1-5-51-25-33-55(34-26-51)41-78-64-21-13-9-17-60(64)72-68(78)47-76(48-69-73-61-18-10-14-22-65(61)79(69)42-56-35-27-52(6-2)28-36-56)45-59(82)46-77(49-70-74-62-19-11-15-23-66(62)80(70)43-57-37-29-53(7-3)30-38-57)50-71-75-63-20-12-16-24-67(63)81(71)44-58-39-31-54(8-4)32-40-58/h5-40,59,82H,1-4,41-50H2. The van der Waals surface area contributed by atoms with Crippen molar-refractivity contribution in [2.45, 2.75) is 58.5 Å². The Morgan fingerprint density at radius 3 is 0.768 bits per heavy atom. The molecule has 12 aromatic rings. The zero-order chi connectivity index (χ0) is 55.9. The first kappa shape index (κ1) is 53.1. The highest BCUT2D eigenvalue weighted by atomic mass is 16.3. The van der Waals surface area contributed by atoms with Crippen LogP contribution in [0.5, 0.6) is 0 Å². The number of aromatic nitrogens is 8. The van der Waals surface area contributed by atoms with Gasteiger partial charge >= 0.3 is 0 Å². The number of aliphatic hydroxyl groups is 1. The number of nitrogens with zero attached hydrogens (tertiary/aromatic N) is 10. The maximum absolute atomic E-state index is 13.1. The molecule has 0 amide bonds. The predicted molar refractivity (Wildman–Crippen MR) is 336 cm³/mol. The molecule has 0 radical (unpaired) electrons. The summed E-state index contributed by atoms with van der Waals surface area (Å²) in [5.74, 6) is 3.58. The molecule has 4 heterocycles. The summed E-state index contributed by atoms with van der Waals surface area (Å²) in [4.78, 5) is 26.0. The number of hydrogen-bond acceptors (Lipinski definition) is 7. The molecule has 0 aliphatic heterocycles. The zero-order valence-corrected chi connectivity index (χ0v) is 46.2. The lowest BCUT2D eigenvalue weighted by Crippen LogP contribution is -2.41. The predicted octanol–water partition coefficient (Wildman–Crippen LogP) is 13.9. The molecule has 11 nitrogen and oxygen atoms in total. The number of para-hydroxylation sites is 8. The summed E-state index contributed by atoms with van der Waals surface area (Å²) >= 11 is 0. The Morgan fingerprint density at radius 2 is 0.549 bits per heavy atom. The Hall–Kier alpha value is -9.52. The minimum absolute atomic E-state index is 0.309. The first-order chi connectivity index (χ1) is 40.3. The van der Waals surface area contributed by atoms with Gasteiger partial charge in [-0.05, 0) is 93.0 Å². The van der Waals surface area contributed by atoms with Crippen molar-refractivity contribution in [2.24, 2.45) is 0 Å². The first-order valence-electron chi connectivity index (χ1n) is 28.0. The molecule has 4 aromatic heterocycles. The maximum Gasteiger partial charge on any atom is 0.124 e. The molecule has 0 spiro atoms. The maximum atomic E-state index is 13.1. The third-order valence-corrected chi connectivity index (χ3v) is 15.6. The average Bonchev–Trinajstić information content (AvgIpc) is 4.37. The van der Waals surface area contributed by atoms with Crippen LogP contribution < -0.4 is 0 Å². The quantitative estimate of drug-likeness (QED) is 0.0644. The fourth-order valence-corrected chi connectivity index (χ4v) is 11.3. The second-order valence-corrected chi connectivity index (χ2v) is 21.2. The van der Waals surface area contributed by atoms with Gasteiger partial charge in [0.2, 0.25) is 0 Å². The lowest BCUT2D eigenvalue weighted by Gasteiger charge is -2.29. The van der Waals surface area contributed by atoms with Crippen LogP contribution in [0.25, 0.3) is 68.4 Å². The van der Waals surface area contributed by atoms with Gasteiger partial charge in [0.1, 0.15) is 23.3 Å². The lowest BCUT2D eigenvalue weighted by molar-refractivity contribution is 0.0585. The molecule has 0 aliphatic rings. The summed E-state index contributed by atoms with van der Waals surface area (Å²) in [7, 11) is 0. The van der Waals surface area contributed by atoms with E-state index in [1.165, 1.54) is 0 Å². The largest absolute Gasteiger partial charge is 0.390 e. The van der Waals surface area contributed by atoms with E-state index in [9.17, 15) is 5.11 Å². The van der Waals surface area contributed by atoms with Crippen LogP contribution >= 0.6 is 0 Å². The molecule has 1 N–H and O–H groups in total. The van der Waals surface area contributed by atoms with E-state index in [4.69, 9.17) is 19.9 Å². The van der Waals surface area contributed by atoms with Crippen molar-refractivity contribution in [1.29, 1.82) is 0 Å². The number of fused-ring (bicyclic) bond motifs is 4. The van der Waals surface area contributed by atoms with Crippen molar-refractivity contribution >= 4 is 68.4 Å². The van der Waals surface area contributed by atoms with Gasteiger partial charge in [-0.2, -0.15) is 0 Å². The minimum atomic E-state index is -0.845. The number of hydrogen-bond donors (Lipinski definition) is 1. The topological polar surface area (TPSA) is 98.0 Å². The molecular formula is C71H66N10O. The molecule has 0 aliphatic carbocycles. The van der Waals surface area contributed by atoms with Crippen LogP contribution in [0.1, 0.15) is 67.8 Å². The van der Waals surface area contributed by atoms with Crippen molar-refractivity contribution in [2.75, 3.05) is 13.1 Å². The normalized spacial score (nSPS) is 11.8. The second kappa shape index (κ2) is 24.1. The highest BCUT2D eigenvalue weighted by Crippen LogP contribution is 2.27. The van der Waals surface area contributed by atoms with Crippen LogP contribution in [0.4, 0.5) is 0 Å². The van der Waals surface area contributed by atoms with Crippen LogP contribution in [-0.2, 0) is 52.4 Å². The Kier molecular flexibility index (Phi) is 15.6. The van der Waals surface area contributed by atoms with E-state index in [-0.39, 0.29) is 0 Å². The third-order valence-electron chi connectivity index (χ3n) is 15.6. The highest BCUT2D eigenvalue weighted by Gasteiger charge is 2.26. The average molecular weight is 1080 g/mol. The minimum Gasteiger partial charge on any atom is -0.390 e. The Balaban J connectivity index is 0.935. The van der Waals surface area contributed by atoms with Crippen LogP contribution in [0.15, 0.2) is 220 Å². The zero-order valence-electron chi connectivity index (χ0n) is 46.2. The second-order valence-electron chi connectivity index (χ2n) is 21.2. The van der Waals surface area contributed by atoms with Gasteiger partial charge in [-0.25, -0.2) is 19.9 Å². The Bertz CT molecular complexity index is 3680. The van der Waals surface area contributed by atoms with E-state index in [1.807, 2.05) is 48.6 Å². The first-order valence-corrected chi connectivity index (χ1v) is 28.0. The number of benzene rings is 8. The van der Waals surface area contributed by atoms with Gasteiger partial charge in [0.05, 0.1) is 76.4 Å². The van der Waals surface area contributed by atoms with Crippen molar-refractivity contribution in [3.05, 3.63) is 288 Å². The van der Waals surface area contributed by atoms with E-state index in [0.717, 1.165) is 112 Å². The van der Waals surface area contributed by atoms with Crippen LogP contribution in [-0.4, -0.2) is 72.3 Å². The molecule has 0 fully saturated rings. The van der Waals surface area contributed by atoms with E-state index in [2.05, 4.69) is 224 Å². The summed E-state index contributed by atoms with van der Waals surface area (Å²) in [5, 5.41) is 13.1. The van der Waals surface area contributed by atoms with Gasteiger partial charge in [0.25, 0.3) is 0 Å². The molecule has 406 valence electrons. The summed E-state index contributed by atoms with van der Waals surface area (Å²) < 4.78 is 9.27. The summed E-state index contributed by atoms with van der Waals surface area (Å²) in [6, 6.07) is 67.5. The van der Waals surface area contributed by atoms with E-state index in [1.54, 1.807) is 0 Å². The lowest BCUT2D eigenvalue weighted by atomic mass is 10.1. The molecule has 8 aromatic carbocycles. The van der Waals surface area contributed by atoms with Crippen molar-refractivity contribution in [1.82, 2.24) is 48.0 Å². The highest BCUT2D eigenvalue weighted by molar-refractivity contribution is 5.78. The van der Waals surface area contributed by atoms with Crippen molar-refractivity contribution < 1.29 is 5.11 Å². The van der Waals surface area contributed by atoms with E-state index < -0.39 is 6.10 Å². The molecule has 82 heavy (non-hydrogen) atoms. The van der Waals surface area contributed by atoms with Crippen molar-refractivity contribution in [3.8, 4) is 0 Å². The summed E-state index contributed by atoms with van der Waals surface area (Å²) in [6.45, 7) is 20.8. The molecule has 11 heteroatoms. The molecule has 0 unspecified atom stereocenters. The smallest absolute Gasteiger partial charge is 0.124 e. The fraction of sp³-hybridized carbons (Fsp3) is 0.155. The van der Waals surface area contributed by atoms with Crippen LogP contribution in [0.3, 0.4) is 0 Å². The molecule has 0 atom stereocenters. The molecule has 0 saturated carbocycles. The van der Waals surface area contributed by atoms with Crippen LogP contribution in [0.2, 0.25) is 0 Å². The molecule has 0 saturated heterocycles. The van der Waals surface area contributed by atoms with E-state index in [0.29, 0.717) is 65.4 Å². The summed E-state index contributed by atoms with van der Waals surface area (Å²) in [5.41, 5.74) is 16.8. The van der Waals surface area contributed by atoms with Gasteiger partial charge in [0, 0.05) is 39.3 Å². The SMILES string of the molecule is C=Cc1ccc(Cn2c(CN(Cc3nc4ccccc4n3Cc3ccc(C=C)cc3)CC(O)CN(Cc3nc4ccccc4n3Cc3ccc(C=C)cc3)Cc3nc4ccccc4n3Cc3ccc(C=C)cc3)nc3ccccc32)cc1. The summed E-state index contributed by atoms with van der Waals surface area (Å²) in [6.07, 6.45) is 6.64. The monoisotopic (exact) mass is 1070 g/mol. The Morgan fingerprint density at radius 1 is 0.329 bits per heavy atom. The van der Waals surface area contributed by atoms with E-state index >= 15 is 0 Å². The number of aliphatic hydroxyl groups excluding tert-OH is 1. The molecule has 0 bridgehead atoms. The van der Waals surface area contributed by atoms with Crippen LogP contribution in [0, 0.1) is 0 Å². The number of imidazole rings is 4. The Labute approximate surface area is 479 Å². The van der Waals surface area contributed by atoms with Gasteiger partial charge in [0.15, 0.2) is 0 Å². The van der Waals surface area contributed by atoms with Crippen molar-refractivity contribution in [3.63, 3.8) is 0 Å².